The van der Waals surface area contributed by atoms with E-state index >= 15 is 0 Å². The fourth-order valence-electron chi connectivity index (χ4n) is 0.795. The number of aromatic nitrogens is 1. The van der Waals surface area contributed by atoms with Gasteiger partial charge in [-0.3, -0.25) is 4.79 Å². The monoisotopic (exact) mass is 253 g/mol. The lowest BCUT2D eigenvalue weighted by atomic mass is 10.3. The highest BCUT2D eigenvalue weighted by Crippen LogP contribution is 2.19. The van der Waals surface area contributed by atoms with Crippen LogP contribution in [-0.2, 0) is 9.05 Å². The molecule has 1 rings (SSSR count). The van der Waals surface area contributed by atoms with Gasteiger partial charge in [0.1, 0.15) is 10.8 Å². The molecule has 0 saturated carbocycles. The Hall–Kier alpha value is -0.650. The van der Waals surface area contributed by atoms with E-state index in [0.29, 0.717) is 0 Å². The zero-order valence-corrected chi connectivity index (χ0v) is 9.32. The molecule has 76 valence electrons. The van der Waals surface area contributed by atoms with Crippen LogP contribution in [0.3, 0.4) is 0 Å². The number of halogens is 2. The van der Waals surface area contributed by atoms with E-state index < -0.39 is 9.05 Å². The maximum atomic E-state index is 10.9. The lowest BCUT2D eigenvalue weighted by Gasteiger charge is -1.99. The van der Waals surface area contributed by atoms with Crippen LogP contribution in [-0.4, -0.2) is 19.2 Å². The summed E-state index contributed by atoms with van der Waals surface area (Å²) < 4.78 is 21.9. The summed E-state index contributed by atoms with van der Waals surface area (Å²) in [6, 6.07) is 2.16. The van der Waals surface area contributed by atoms with E-state index in [1.165, 1.54) is 6.92 Å². The number of hydrogen-bond acceptors (Lipinski definition) is 4. The van der Waals surface area contributed by atoms with Gasteiger partial charge in [0.2, 0.25) is 0 Å². The zero-order valence-electron chi connectivity index (χ0n) is 6.99. The van der Waals surface area contributed by atoms with Gasteiger partial charge in [-0.05, 0) is 12.1 Å². The molecule has 1 aromatic heterocycles. The van der Waals surface area contributed by atoms with Crippen LogP contribution in [0.1, 0.15) is 17.4 Å². The highest BCUT2D eigenvalue weighted by atomic mass is 35.7. The molecule has 0 unspecified atom stereocenters. The quantitative estimate of drug-likeness (QED) is 0.459. The summed E-state index contributed by atoms with van der Waals surface area (Å²) in [5.41, 5.74) is -0.0308. The summed E-state index contributed by atoms with van der Waals surface area (Å²) in [6.07, 6.45) is 0. The van der Waals surface area contributed by atoms with Crippen molar-refractivity contribution >= 4 is 37.1 Å². The Bertz CT molecular complexity index is 484. The summed E-state index contributed by atoms with van der Waals surface area (Å²) in [5.74, 6) is -0.380. The van der Waals surface area contributed by atoms with Crippen molar-refractivity contribution in [3.05, 3.63) is 23.0 Å². The molecule has 0 radical (unpaired) electrons. The van der Waals surface area contributed by atoms with E-state index in [1.54, 1.807) is 0 Å². The maximum absolute atomic E-state index is 10.9. The van der Waals surface area contributed by atoms with Crippen molar-refractivity contribution in [2.24, 2.45) is 0 Å². The molecule has 7 heteroatoms. The first-order valence-electron chi connectivity index (χ1n) is 3.44. The van der Waals surface area contributed by atoms with Crippen molar-refractivity contribution in [1.29, 1.82) is 0 Å². The molecule has 1 aromatic rings. The van der Waals surface area contributed by atoms with Crippen molar-refractivity contribution in [2.75, 3.05) is 0 Å². The van der Waals surface area contributed by atoms with Crippen LogP contribution in [0, 0.1) is 0 Å². The third-order valence-corrected chi connectivity index (χ3v) is 2.94. The Balaban J connectivity index is 3.43. The van der Waals surface area contributed by atoms with E-state index in [1.807, 2.05) is 0 Å². The van der Waals surface area contributed by atoms with Gasteiger partial charge in [-0.25, -0.2) is 13.4 Å². The highest BCUT2D eigenvalue weighted by molar-refractivity contribution is 8.13. The third kappa shape index (κ3) is 2.67. The molecule has 4 nitrogen and oxygen atoms in total. The van der Waals surface area contributed by atoms with Crippen LogP contribution in [0.2, 0.25) is 5.15 Å². The van der Waals surface area contributed by atoms with Crippen LogP contribution < -0.4 is 0 Å². The Labute approximate surface area is 90.3 Å². The Kier molecular flexibility index (Phi) is 3.14. The molecule has 0 spiro atoms. The second kappa shape index (κ2) is 3.84. The van der Waals surface area contributed by atoms with Crippen molar-refractivity contribution in [1.82, 2.24) is 4.98 Å². The Morgan fingerprint density at radius 1 is 1.43 bits per heavy atom. The number of nitrogens with zero attached hydrogens (tertiary/aromatic N) is 1. The number of rotatable bonds is 2. The second-order valence-electron chi connectivity index (χ2n) is 2.50. The van der Waals surface area contributed by atoms with E-state index in [-0.39, 0.29) is 21.5 Å². The third-order valence-electron chi connectivity index (χ3n) is 1.41. The fraction of sp³-hybridized carbons (Fsp3) is 0.143. The average Bonchev–Trinajstić information content (AvgIpc) is 2.01. The van der Waals surface area contributed by atoms with Gasteiger partial charge in [-0.2, -0.15) is 0 Å². The molecule has 0 aromatic carbocycles. The van der Waals surface area contributed by atoms with Gasteiger partial charge in [-0.1, -0.05) is 11.6 Å². The van der Waals surface area contributed by atoms with Crippen LogP contribution >= 0.6 is 22.3 Å². The molecule has 0 saturated heterocycles. The van der Waals surface area contributed by atoms with E-state index in [0.717, 1.165) is 12.1 Å². The molecule has 0 aliphatic heterocycles. The van der Waals surface area contributed by atoms with Crippen molar-refractivity contribution < 1.29 is 13.2 Å². The minimum atomic E-state index is -3.89. The van der Waals surface area contributed by atoms with Crippen LogP contribution in [0.25, 0.3) is 0 Å². The second-order valence-corrected chi connectivity index (χ2v) is 5.46. The van der Waals surface area contributed by atoms with Gasteiger partial charge in [0.25, 0.3) is 9.05 Å². The molecule has 0 aliphatic carbocycles. The maximum Gasteiger partial charge on any atom is 0.261 e. The van der Waals surface area contributed by atoms with E-state index in [2.05, 4.69) is 4.98 Å². The lowest BCUT2D eigenvalue weighted by molar-refractivity contribution is 0.101. The number of carbonyl (C=O) groups is 1. The van der Waals surface area contributed by atoms with Crippen molar-refractivity contribution in [2.45, 2.75) is 11.8 Å². The van der Waals surface area contributed by atoms with E-state index in [4.69, 9.17) is 22.3 Å². The van der Waals surface area contributed by atoms with Crippen molar-refractivity contribution in [3.8, 4) is 0 Å². The van der Waals surface area contributed by atoms with Crippen molar-refractivity contribution in [3.63, 3.8) is 0 Å². The standard InChI is InChI=1S/C7H5Cl2NO3S/c1-4(11)6-2-5(14(9,12)13)3-7(8)10-6/h2-3H,1H3. The summed E-state index contributed by atoms with van der Waals surface area (Å²) in [7, 11) is 1.20. The van der Waals surface area contributed by atoms with Gasteiger partial charge in [0.15, 0.2) is 5.78 Å². The van der Waals surface area contributed by atoms with Crippen LogP contribution in [0.15, 0.2) is 17.0 Å². The molecule has 0 fully saturated rings. The van der Waals surface area contributed by atoms with Crippen LogP contribution in [0.5, 0.6) is 0 Å². The smallest absolute Gasteiger partial charge is 0.261 e. The molecular weight excluding hydrogens is 249 g/mol. The molecule has 0 N–H and O–H groups in total. The molecule has 1 heterocycles. The van der Waals surface area contributed by atoms with Gasteiger partial charge >= 0.3 is 0 Å². The zero-order chi connectivity index (χ0) is 10.9. The summed E-state index contributed by atoms with van der Waals surface area (Å²) >= 11 is 5.51. The summed E-state index contributed by atoms with van der Waals surface area (Å²) in [6.45, 7) is 1.25. The number of Topliss-reactive ketones (excluding diaryl/α,β-unsaturated/α-hetero) is 1. The molecular formula is C7H5Cl2NO3S. The summed E-state index contributed by atoms with van der Waals surface area (Å²) in [5, 5.41) is -0.0862. The van der Waals surface area contributed by atoms with E-state index in [9.17, 15) is 13.2 Å². The summed E-state index contributed by atoms with van der Waals surface area (Å²) in [4.78, 5) is 14.3. The predicted molar refractivity (Wildman–Crippen MR) is 52.3 cm³/mol. The molecule has 14 heavy (non-hydrogen) atoms. The number of hydrogen-bond donors (Lipinski definition) is 0. The minimum Gasteiger partial charge on any atom is -0.293 e. The minimum absolute atomic E-state index is 0.0308. The first-order valence-corrected chi connectivity index (χ1v) is 6.12. The SMILES string of the molecule is CC(=O)c1cc(S(=O)(=O)Cl)cc(Cl)n1. The first-order chi connectivity index (χ1) is 6.30. The molecule has 0 amide bonds. The topological polar surface area (TPSA) is 64.1 Å². The van der Waals surface area contributed by atoms with Crippen LogP contribution in [0.4, 0.5) is 0 Å². The van der Waals surface area contributed by atoms with Gasteiger partial charge < -0.3 is 0 Å². The number of pyridine rings is 1. The normalized spacial score (nSPS) is 11.4. The van der Waals surface area contributed by atoms with Gasteiger partial charge in [-0.15, -0.1) is 0 Å². The number of ketones is 1. The fourth-order valence-corrected chi connectivity index (χ4v) is 1.84. The Morgan fingerprint density at radius 3 is 2.43 bits per heavy atom. The predicted octanol–water partition coefficient (Wildman–Crippen LogP) is 1.87. The molecule has 0 bridgehead atoms. The first kappa shape index (κ1) is 11.4. The lowest BCUT2D eigenvalue weighted by Crippen LogP contribution is -2.00. The average molecular weight is 254 g/mol. The Morgan fingerprint density at radius 2 is 2.00 bits per heavy atom. The molecule has 0 atom stereocenters. The largest absolute Gasteiger partial charge is 0.293 e. The van der Waals surface area contributed by atoms with Gasteiger partial charge in [0.05, 0.1) is 4.90 Å². The molecule has 0 aliphatic rings. The highest BCUT2D eigenvalue weighted by Gasteiger charge is 2.14. The van der Waals surface area contributed by atoms with Gasteiger partial charge in [0, 0.05) is 17.6 Å². The number of carbonyl (C=O) groups excluding carboxylic acids is 1.